The molecular weight excluding hydrogens is 266 g/mol. The molecular formula is C15H15N5O. The molecule has 6 nitrogen and oxygen atoms in total. The van der Waals surface area contributed by atoms with Crippen LogP contribution in [0.2, 0.25) is 0 Å². The summed E-state index contributed by atoms with van der Waals surface area (Å²) in [5.74, 6) is 0. The lowest BCUT2D eigenvalue weighted by Gasteiger charge is -2.05. The van der Waals surface area contributed by atoms with Crippen molar-refractivity contribution >= 4 is 11.3 Å². The first-order valence-corrected chi connectivity index (χ1v) is 7.04. The zero-order chi connectivity index (χ0) is 14.2. The Morgan fingerprint density at radius 1 is 1.33 bits per heavy atom. The summed E-state index contributed by atoms with van der Waals surface area (Å²) in [4.78, 5) is 16.6. The van der Waals surface area contributed by atoms with Gasteiger partial charge in [0.25, 0.3) is 5.56 Å². The molecule has 0 spiro atoms. The van der Waals surface area contributed by atoms with E-state index in [-0.39, 0.29) is 5.56 Å². The molecule has 0 unspecified atom stereocenters. The van der Waals surface area contributed by atoms with E-state index in [9.17, 15) is 4.79 Å². The van der Waals surface area contributed by atoms with Crippen LogP contribution in [-0.4, -0.2) is 25.2 Å². The molecule has 0 radical (unpaired) electrons. The van der Waals surface area contributed by atoms with Gasteiger partial charge in [0.05, 0.1) is 24.1 Å². The summed E-state index contributed by atoms with van der Waals surface area (Å²) < 4.78 is 3.36. The molecule has 3 aromatic rings. The highest BCUT2D eigenvalue weighted by Crippen LogP contribution is 2.23. The Balaban J connectivity index is 1.59. The smallest absolute Gasteiger partial charge is 0.269 e. The Morgan fingerprint density at radius 2 is 2.24 bits per heavy atom. The minimum atomic E-state index is -0.113. The van der Waals surface area contributed by atoms with E-state index in [2.05, 4.69) is 15.4 Å². The van der Waals surface area contributed by atoms with Crippen molar-refractivity contribution in [2.24, 2.45) is 0 Å². The first kappa shape index (κ1) is 12.1. The molecule has 1 fully saturated rings. The molecule has 6 heteroatoms. The van der Waals surface area contributed by atoms with Crippen molar-refractivity contribution in [2.45, 2.75) is 25.4 Å². The van der Waals surface area contributed by atoms with E-state index in [0.717, 1.165) is 17.0 Å². The van der Waals surface area contributed by atoms with Gasteiger partial charge in [0.15, 0.2) is 0 Å². The number of imidazole rings is 1. The Morgan fingerprint density at radius 3 is 3.00 bits per heavy atom. The number of hydrogen-bond acceptors (Lipinski definition) is 4. The second-order valence-electron chi connectivity index (χ2n) is 5.36. The maximum atomic E-state index is 12.1. The molecule has 0 amide bonds. The van der Waals surface area contributed by atoms with E-state index in [0.29, 0.717) is 12.6 Å². The minimum absolute atomic E-state index is 0.113. The van der Waals surface area contributed by atoms with E-state index < -0.39 is 0 Å². The van der Waals surface area contributed by atoms with Crippen LogP contribution in [0.1, 0.15) is 18.5 Å². The number of fused-ring (bicyclic) bond motifs is 1. The number of anilines is 1. The van der Waals surface area contributed by atoms with E-state index in [1.807, 2.05) is 35.0 Å². The number of pyridine rings is 1. The van der Waals surface area contributed by atoms with Crippen molar-refractivity contribution in [1.29, 1.82) is 0 Å². The van der Waals surface area contributed by atoms with Crippen LogP contribution in [0, 0.1) is 0 Å². The highest BCUT2D eigenvalue weighted by atomic mass is 16.1. The number of hydrogen-bond donors (Lipinski definition) is 1. The summed E-state index contributed by atoms with van der Waals surface area (Å²) in [6.45, 7) is 0.379. The number of nitrogens with zero attached hydrogens (tertiary/aromatic N) is 4. The SMILES string of the molecule is O=c1cc(NC2CC2)cnn1Cc1cn2ccccc2n1. The molecule has 3 aromatic heterocycles. The van der Waals surface area contributed by atoms with Crippen LogP contribution in [0.5, 0.6) is 0 Å². The fourth-order valence-corrected chi connectivity index (χ4v) is 2.31. The number of nitrogens with one attached hydrogen (secondary N) is 1. The largest absolute Gasteiger partial charge is 0.381 e. The first-order valence-electron chi connectivity index (χ1n) is 7.04. The Hall–Kier alpha value is -2.63. The Kier molecular flexibility index (Phi) is 2.73. The van der Waals surface area contributed by atoms with E-state index in [1.165, 1.54) is 17.5 Å². The van der Waals surface area contributed by atoms with Gasteiger partial charge in [-0.3, -0.25) is 4.79 Å². The van der Waals surface area contributed by atoms with Crippen LogP contribution in [0.25, 0.3) is 5.65 Å². The second-order valence-corrected chi connectivity index (χ2v) is 5.36. The molecule has 4 rings (SSSR count). The molecule has 0 saturated heterocycles. The van der Waals surface area contributed by atoms with Crippen molar-refractivity contribution in [3.8, 4) is 0 Å². The molecule has 3 heterocycles. The molecule has 106 valence electrons. The molecule has 0 aromatic carbocycles. The van der Waals surface area contributed by atoms with Crippen molar-refractivity contribution < 1.29 is 0 Å². The van der Waals surface area contributed by atoms with Gasteiger partial charge < -0.3 is 9.72 Å². The van der Waals surface area contributed by atoms with Crippen LogP contribution in [0.3, 0.4) is 0 Å². The summed E-state index contributed by atoms with van der Waals surface area (Å²) in [5.41, 5.74) is 2.37. The average molecular weight is 281 g/mol. The summed E-state index contributed by atoms with van der Waals surface area (Å²) >= 11 is 0. The molecule has 0 aliphatic heterocycles. The molecule has 1 N–H and O–H groups in total. The standard InChI is InChI=1S/C15H15N5O/c21-15-7-12(17-11-4-5-11)8-16-20(15)10-13-9-19-6-2-1-3-14(19)18-13/h1-3,6-9,11,17H,4-5,10H2. The highest BCUT2D eigenvalue weighted by molar-refractivity contribution is 5.41. The number of rotatable bonds is 4. The van der Waals surface area contributed by atoms with Crippen LogP contribution < -0.4 is 10.9 Å². The number of aromatic nitrogens is 4. The highest BCUT2D eigenvalue weighted by Gasteiger charge is 2.21. The molecule has 21 heavy (non-hydrogen) atoms. The van der Waals surface area contributed by atoms with Gasteiger partial charge in [-0.15, -0.1) is 0 Å². The van der Waals surface area contributed by atoms with Gasteiger partial charge in [-0.05, 0) is 25.0 Å². The maximum Gasteiger partial charge on any atom is 0.269 e. The zero-order valence-electron chi connectivity index (χ0n) is 11.4. The summed E-state index contributed by atoms with van der Waals surface area (Å²) in [7, 11) is 0. The van der Waals surface area contributed by atoms with Crippen LogP contribution in [-0.2, 0) is 6.54 Å². The van der Waals surface area contributed by atoms with Gasteiger partial charge >= 0.3 is 0 Å². The van der Waals surface area contributed by atoms with Gasteiger partial charge in [-0.1, -0.05) is 6.07 Å². The quantitative estimate of drug-likeness (QED) is 0.787. The Labute approximate surface area is 121 Å². The summed E-state index contributed by atoms with van der Waals surface area (Å²) in [6.07, 6.45) is 7.90. The van der Waals surface area contributed by atoms with Crippen molar-refractivity contribution in [3.63, 3.8) is 0 Å². The third-order valence-corrected chi connectivity index (χ3v) is 3.54. The lowest BCUT2D eigenvalue weighted by Crippen LogP contribution is -2.23. The van der Waals surface area contributed by atoms with E-state index >= 15 is 0 Å². The zero-order valence-corrected chi connectivity index (χ0v) is 11.4. The fourth-order valence-electron chi connectivity index (χ4n) is 2.31. The molecule has 0 atom stereocenters. The van der Waals surface area contributed by atoms with Gasteiger partial charge in [0.2, 0.25) is 0 Å². The van der Waals surface area contributed by atoms with Crippen molar-refractivity contribution in [3.05, 3.63) is 58.9 Å². The van der Waals surface area contributed by atoms with Gasteiger partial charge in [0.1, 0.15) is 5.65 Å². The lowest BCUT2D eigenvalue weighted by atomic mass is 10.4. The molecule has 1 aliphatic rings. The fraction of sp³-hybridized carbons (Fsp3) is 0.267. The van der Waals surface area contributed by atoms with Gasteiger partial charge in [-0.25, -0.2) is 9.67 Å². The normalized spacial score (nSPS) is 14.5. The predicted octanol–water partition coefficient (Wildman–Crippen LogP) is 1.51. The third-order valence-electron chi connectivity index (χ3n) is 3.54. The molecule has 0 bridgehead atoms. The molecule has 1 saturated carbocycles. The van der Waals surface area contributed by atoms with Gasteiger partial charge in [0, 0.05) is 24.5 Å². The maximum absolute atomic E-state index is 12.1. The van der Waals surface area contributed by atoms with E-state index in [4.69, 9.17) is 0 Å². The average Bonchev–Trinajstić information content (AvgIpc) is 3.18. The summed E-state index contributed by atoms with van der Waals surface area (Å²) in [6, 6.07) is 7.93. The topological polar surface area (TPSA) is 64.2 Å². The lowest BCUT2D eigenvalue weighted by molar-refractivity contribution is 0.631. The molecule has 1 aliphatic carbocycles. The van der Waals surface area contributed by atoms with Crippen LogP contribution in [0.15, 0.2) is 47.7 Å². The summed E-state index contributed by atoms with van der Waals surface area (Å²) in [5, 5.41) is 7.49. The second kappa shape index (κ2) is 4.73. The van der Waals surface area contributed by atoms with Crippen molar-refractivity contribution in [2.75, 3.05) is 5.32 Å². The van der Waals surface area contributed by atoms with Crippen molar-refractivity contribution in [1.82, 2.24) is 19.2 Å². The van der Waals surface area contributed by atoms with Crippen LogP contribution in [0.4, 0.5) is 5.69 Å². The minimum Gasteiger partial charge on any atom is -0.381 e. The first-order chi connectivity index (χ1) is 10.3. The van der Waals surface area contributed by atoms with E-state index in [1.54, 1.807) is 12.3 Å². The monoisotopic (exact) mass is 281 g/mol. The Bertz CT molecular complexity index is 813. The predicted molar refractivity (Wildman–Crippen MR) is 79.4 cm³/mol. The van der Waals surface area contributed by atoms with Crippen LogP contribution >= 0.6 is 0 Å². The third kappa shape index (κ3) is 2.52. The van der Waals surface area contributed by atoms with Gasteiger partial charge in [-0.2, -0.15) is 5.10 Å².